The van der Waals surface area contributed by atoms with Crippen molar-refractivity contribution in [3.63, 3.8) is 0 Å². The predicted molar refractivity (Wildman–Crippen MR) is 73.9 cm³/mol. The lowest BCUT2D eigenvalue weighted by atomic mass is 10.3. The van der Waals surface area contributed by atoms with E-state index in [9.17, 15) is 0 Å². The Bertz CT molecular complexity index is 602. The number of hydrogen-bond donors (Lipinski definition) is 0. The molecule has 1 aliphatic heterocycles. The molecule has 0 saturated heterocycles. The van der Waals surface area contributed by atoms with E-state index >= 15 is 0 Å². The molecule has 0 bridgehead atoms. The van der Waals surface area contributed by atoms with E-state index in [1.807, 2.05) is 24.3 Å². The number of nitrogens with zero attached hydrogens (tertiary/aromatic N) is 1. The molecule has 2 aromatic rings. The van der Waals surface area contributed by atoms with E-state index in [0.717, 1.165) is 15.9 Å². The first-order valence-corrected chi connectivity index (χ1v) is 6.69. The number of benzene rings is 1. The minimum absolute atomic E-state index is 0.264. The zero-order valence-electron chi connectivity index (χ0n) is 9.02. The molecule has 0 spiro atoms. The van der Waals surface area contributed by atoms with E-state index in [0.29, 0.717) is 16.2 Å². The molecule has 0 saturated carbocycles. The molecule has 18 heavy (non-hydrogen) atoms. The highest BCUT2D eigenvalue weighted by molar-refractivity contribution is 9.13. The van der Waals surface area contributed by atoms with Crippen molar-refractivity contribution in [3.05, 3.63) is 39.2 Å². The molecule has 0 aliphatic carbocycles. The average Bonchev–Trinajstić information content (AvgIpc) is 2.94. The number of aliphatic imine (C=N–C) groups is 1. The zero-order valence-corrected chi connectivity index (χ0v) is 12.2. The minimum Gasteiger partial charge on any atom is -0.454 e. The quantitative estimate of drug-likeness (QED) is 0.739. The van der Waals surface area contributed by atoms with E-state index in [-0.39, 0.29) is 6.79 Å². The number of rotatable bonds is 2. The maximum absolute atomic E-state index is 5.39. The number of halogens is 2. The lowest BCUT2D eigenvalue weighted by Gasteiger charge is -1.96. The van der Waals surface area contributed by atoms with Crippen molar-refractivity contribution in [2.45, 2.75) is 0 Å². The average molecular weight is 373 g/mol. The number of fused-ring (bicyclic) bond motifs is 1. The van der Waals surface area contributed by atoms with Crippen LogP contribution in [0.1, 0.15) is 5.76 Å². The fraction of sp³-hybridized carbons (Fsp3) is 0.0833. The van der Waals surface area contributed by atoms with Gasteiger partial charge < -0.3 is 13.9 Å². The summed E-state index contributed by atoms with van der Waals surface area (Å²) in [4.78, 5) is 4.31. The lowest BCUT2D eigenvalue weighted by Crippen LogP contribution is -1.92. The van der Waals surface area contributed by atoms with Crippen molar-refractivity contribution in [1.29, 1.82) is 0 Å². The first kappa shape index (κ1) is 11.8. The molecule has 1 aromatic heterocycles. The zero-order chi connectivity index (χ0) is 12.5. The summed E-state index contributed by atoms with van der Waals surface area (Å²) >= 11 is 6.62. The fourth-order valence-corrected chi connectivity index (χ4v) is 2.14. The van der Waals surface area contributed by atoms with Gasteiger partial charge in [-0.1, -0.05) is 0 Å². The van der Waals surface area contributed by atoms with E-state index in [1.54, 1.807) is 6.21 Å². The molecule has 0 amide bonds. The molecule has 92 valence electrons. The smallest absolute Gasteiger partial charge is 0.231 e. The molecular weight excluding hydrogens is 366 g/mol. The van der Waals surface area contributed by atoms with Crippen molar-refractivity contribution in [2.75, 3.05) is 6.79 Å². The second-order valence-corrected chi connectivity index (χ2v) is 5.14. The molecule has 4 nitrogen and oxygen atoms in total. The van der Waals surface area contributed by atoms with Crippen molar-refractivity contribution >= 4 is 43.8 Å². The molecular formula is C12H7Br2NO3. The van der Waals surface area contributed by atoms with Gasteiger partial charge in [-0.3, -0.25) is 4.99 Å². The Kier molecular flexibility index (Phi) is 3.13. The van der Waals surface area contributed by atoms with Gasteiger partial charge in [0.15, 0.2) is 16.2 Å². The van der Waals surface area contributed by atoms with Crippen molar-refractivity contribution in [2.24, 2.45) is 4.99 Å². The Balaban J connectivity index is 1.84. The predicted octanol–water partition coefficient (Wildman–Crippen LogP) is 4.28. The van der Waals surface area contributed by atoms with Crippen LogP contribution in [0.4, 0.5) is 5.69 Å². The Hall–Kier alpha value is -1.27. The number of furan rings is 1. The first-order chi connectivity index (χ1) is 8.72. The fourth-order valence-electron chi connectivity index (χ4n) is 1.53. The topological polar surface area (TPSA) is 44.0 Å². The van der Waals surface area contributed by atoms with Crippen molar-refractivity contribution in [1.82, 2.24) is 0 Å². The molecule has 0 fully saturated rings. The summed E-state index contributed by atoms with van der Waals surface area (Å²) in [7, 11) is 0. The molecule has 6 heteroatoms. The van der Waals surface area contributed by atoms with Gasteiger partial charge in [0.25, 0.3) is 0 Å². The number of ether oxygens (including phenoxy) is 2. The van der Waals surface area contributed by atoms with Crippen molar-refractivity contribution in [3.8, 4) is 11.5 Å². The van der Waals surface area contributed by atoms with Gasteiger partial charge in [-0.25, -0.2) is 0 Å². The van der Waals surface area contributed by atoms with Crippen LogP contribution in [0.2, 0.25) is 0 Å². The van der Waals surface area contributed by atoms with E-state index in [2.05, 4.69) is 36.9 Å². The normalized spacial score (nSPS) is 13.4. The third-order valence-corrected chi connectivity index (χ3v) is 4.07. The summed E-state index contributed by atoms with van der Waals surface area (Å²) in [5.74, 6) is 2.12. The summed E-state index contributed by atoms with van der Waals surface area (Å²) in [6, 6.07) is 7.35. The highest BCUT2D eigenvalue weighted by Crippen LogP contribution is 2.35. The third-order valence-electron chi connectivity index (χ3n) is 2.36. The lowest BCUT2D eigenvalue weighted by molar-refractivity contribution is 0.174. The summed E-state index contributed by atoms with van der Waals surface area (Å²) in [5, 5.41) is 0. The molecule has 0 radical (unpaired) electrons. The van der Waals surface area contributed by atoms with Gasteiger partial charge in [-0.15, -0.1) is 0 Å². The molecule has 2 heterocycles. The van der Waals surface area contributed by atoms with Crippen LogP contribution in [0.5, 0.6) is 11.5 Å². The van der Waals surface area contributed by atoms with Crippen LogP contribution in [0.3, 0.4) is 0 Å². The van der Waals surface area contributed by atoms with Crippen LogP contribution >= 0.6 is 31.9 Å². The van der Waals surface area contributed by atoms with Gasteiger partial charge in [-0.05, 0) is 44.0 Å². The van der Waals surface area contributed by atoms with E-state index in [4.69, 9.17) is 13.9 Å². The second kappa shape index (κ2) is 4.78. The standard InChI is InChI=1S/C12H7Br2NO3/c13-9-4-8(18-12(9)14)5-15-7-1-2-10-11(3-7)17-6-16-10/h1-5H,6H2. The molecule has 3 rings (SSSR count). The SMILES string of the molecule is Brc1cc(C=Nc2ccc3c(c2)OCO3)oc1Br. The Morgan fingerprint density at radius 2 is 1.94 bits per heavy atom. The maximum atomic E-state index is 5.39. The highest BCUT2D eigenvalue weighted by Gasteiger charge is 2.12. The third kappa shape index (κ3) is 2.30. The molecule has 0 N–H and O–H groups in total. The highest BCUT2D eigenvalue weighted by atomic mass is 79.9. The first-order valence-electron chi connectivity index (χ1n) is 5.11. The van der Waals surface area contributed by atoms with Gasteiger partial charge in [0, 0.05) is 12.1 Å². The Morgan fingerprint density at radius 3 is 2.72 bits per heavy atom. The summed E-state index contributed by atoms with van der Waals surface area (Å²) in [5.41, 5.74) is 0.780. The molecule has 0 atom stereocenters. The largest absolute Gasteiger partial charge is 0.454 e. The maximum Gasteiger partial charge on any atom is 0.231 e. The van der Waals surface area contributed by atoms with Crippen LogP contribution in [0.15, 0.2) is 42.8 Å². The van der Waals surface area contributed by atoms with Crippen LogP contribution in [-0.2, 0) is 0 Å². The number of hydrogen-bond acceptors (Lipinski definition) is 4. The second-order valence-electron chi connectivity index (χ2n) is 3.57. The molecule has 0 unspecified atom stereocenters. The Morgan fingerprint density at radius 1 is 1.11 bits per heavy atom. The van der Waals surface area contributed by atoms with Gasteiger partial charge in [-0.2, -0.15) is 0 Å². The van der Waals surface area contributed by atoms with Crippen LogP contribution in [0.25, 0.3) is 0 Å². The van der Waals surface area contributed by atoms with E-state index < -0.39 is 0 Å². The van der Waals surface area contributed by atoms with Crippen LogP contribution in [0, 0.1) is 0 Å². The molecule has 1 aromatic carbocycles. The van der Waals surface area contributed by atoms with Crippen LogP contribution in [-0.4, -0.2) is 13.0 Å². The monoisotopic (exact) mass is 371 g/mol. The summed E-state index contributed by atoms with van der Waals surface area (Å²) in [6.45, 7) is 0.264. The van der Waals surface area contributed by atoms with Gasteiger partial charge in [0.2, 0.25) is 6.79 Å². The van der Waals surface area contributed by atoms with E-state index in [1.165, 1.54) is 0 Å². The van der Waals surface area contributed by atoms with Gasteiger partial charge in [0.05, 0.1) is 16.4 Å². The molecule has 1 aliphatic rings. The summed E-state index contributed by atoms with van der Waals surface area (Å²) < 4.78 is 17.4. The van der Waals surface area contributed by atoms with Crippen molar-refractivity contribution < 1.29 is 13.9 Å². The summed E-state index contributed by atoms with van der Waals surface area (Å²) in [6.07, 6.45) is 1.65. The van der Waals surface area contributed by atoms with Gasteiger partial charge in [0.1, 0.15) is 5.76 Å². The van der Waals surface area contributed by atoms with Gasteiger partial charge >= 0.3 is 0 Å². The Labute approximate surface area is 120 Å². The van der Waals surface area contributed by atoms with Crippen LogP contribution < -0.4 is 9.47 Å². The minimum atomic E-state index is 0.264.